The van der Waals surface area contributed by atoms with Gasteiger partial charge in [0.1, 0.15) is 5.65 Å². The lowest BCUT2D eigenvalue weighted by Gasteiger charge is -2.28. The predicted molar refractivity (Wildman–Crippen MR) is 151 cm³/mol. The Hall–Kier alpha value is -2.82. The van der Waals surface area contributed by atoms with Crippen molar-refractivity contribution in [3.8, 4) is 11.1 Å². The number of sulfonamides is 1. The molecule has 2 fully saturated rings. The van der Waals surface area contributed by atoms with Crippen LogP contribution in [-0.2, 0) is 16.6 Å². The molecule has 0 bridgehead atoms. The maximum absolute atomic E-state index is 13.6. The van der Waals surface area contributed by atoms with Crippen molar-refractivity contribution in [2.75, 3.05) is 45.1 Å². The van der Waals surface area contributed by atoms with Crippen LogP contribution >= 0.6 is 0 Å². The molecule has 0 unspecified atom stereocenters. The molecule has 0 radical (unpaired) electrons. The van der Waals surface area contributed by atoms with E-state index in [2.05, 4.69) is 22.2 Å². The lowest BCUT2D eigenvalue weighted by Crippen LogP contribution is -2.31. The number of pyridine rings is 1. The number of hydrogen-bond donors (Lipinski definition) is 1. The van der Waals surface area contributed by atoms with Crippen LogP contribution < -0.4 is 10.9 Å². The van der Waals surface area contributed by atoms with Gasteiger partial charge in [-0.2, -0.15) is 9.29 Å². The minimum Gasteiger partial charge on any atom is -0.354 e. The number of likely N-dealkylation sites (tertiary alicyclic amines) is 1. The highest BCUT2D eigenvalue weighted by atomic mass is 32.2. The molecule has 1 N–H and O–H groups in total. The van der Waals surface area contributed by atoms with Gasteiger partial charge in [0.05, 0.1) is 4.90 Å². The predicted octanol–water partition coefficient (Wildman–Crippen LogP) is 3.72. The van der Waals surface area contributed by atoms with E-state index >= 15 is 0 Å². The molecule has 9 nitrogen and oxygen atoms in total. The Morgan fingerprint density at radius 3 is 2.47 bits per heavy atom. The molecule has 2 aliphatic heterocycles. The third kappa shape index (κ3) is 5.34. The molecule has 4 heterocycles. The van der Waals surface area contributed by atoms with E-state index in [1.54, 1.807) is 29.0 Å². The van der Waals surface area contributed by atoms with Gasteiger partial charge in [-0.05, 0) is 101 Å². The molecule has 2 aromatic heterocycles. The highest BCUT2D eigenvalue weighted by Gasteiger charge is 2.27. The summed E-state index contributed by atoms with van der Waals surface area (Å²) in [5.74, 6) is 1.25. The van der Waals surface area contributed by atoms with E-state index in [0.717, 1.165) is 61.3 Å². The molecule has 204 valence electrons. The van der Waals surface area contributed by atoms with Crippen LogP contribution in [0.2, 0.25) is 0 Å². The van der Waals surface area contributed by atoms with Gasteiger partial charge in [-0.15, -0.1) is 0 Å². The van der Waals surface area contributed by atoms with Gasteiger partial charge in [0.15, 0.2) is 0 Å². The van der Waals surface area contributed by atoms with Crippen LogP contribution in [0.15, 0.2) is 40.2 Å². The van der Waals surface area contributed by atoms with Crippen LogP contribution in [0.5, 0.6) is 0 Å². The first-order chi connectivity index (χ1) is 18.3. The summed E-state index contributed by atoms with van der Waals surface area (Å²) >= 11 is 0. The molecule has 2 saturated heterocycles. The van der Waals surface area contributed by atoms with Gasteiger partial charge < -0.3 is 10.2 Å². The minimum absolute atomic E-state index is 0.144. The molecular weight excluding hydrogens is 500 g/mol. The van der Waals surface area contributed by atoms with E-state index in [4.69, 9.17) is 4.98 Å². The number of hydrogen-bond acceptors (Lipinski definition) is 7. The average molecular weight is 539 g/mol. The zero-order valence-corrected chi connectivity index (χ0v) is 23.4. The Kier molecular flexibility index (Phi) is 7.83. The van der Waals surface area contributed by atoms with Gasteiger partial charge in [0, 0.05) is 43.3 Å². The van der Waals surface area contributed by atoms with Gasteiger partial charge in [0.25, 0.3) is 5.56 Å². The molecule has 10 heteroatoms. The summed E-state index contributed by atoms with van der Waals surface area (Å²) in [6.07, 6.45) is 7.07. The Labute approximate surface area is 224 Å². The Balaban J connectivity index is 1.40. The van der Waals surface area contributed by atoms with Crippen molar-refractivity contribution < 1.29 is 8.42 Å². The van der Waals surface area contributed by atoms with Crippen molar-refractivity contribution >= 4 is 27.0 Å². The van der Waals surface area contributed by atoms with Gasteiger partial charge in [-0.25, -0.2) is 13.4 Å². The number of nitrogens with one attached hydrogen (secondary N) is 1. The monoisotopic (exact) mass is 538 g/mol. The summed E-state index contributed by atoms with van der Waals surface area (Å²) in [6.45, 7) is 8.48. The molecule has 0 spiro atoms. The smallest absolute Gasteiger partial charge is 0.260 e. The zero-order valence-electron chi connectivity index (χ0n) is 22.6. The van der Waals surface area contributed by atoms with Crippen molar-refractivity contribution in [2.45, 2.75) is 57.4 Å². The Morgan fingerprint density at radius 1 is 1.05 bits per heavy atom. The average Bonchev–Trinajstić information content (AvgIpc) is 3.46. The zero-order chi connectivity index (χ0) is 26.9. The summed E-state index contributed by atoms with van der Waals surface area (Å²) in [4.78, 5) is 25.4. The van der Waals surface area contributed by atoms with Crippen LogP contribution in [0.25, 0.3) is 22.2 Å². The van der Waals surface area contributed by atoms with E-state index in [-0.39, 0.29) is 10.5 Å². The van der Waals surface area contributed by atoms with Crippen LogP contribution in [-0.4, -0.2) is 71.9 Å². The number of benzene rings is 1. The van der Waals surface area contributed by atoms with Crippen LogP contribution in [0.4, 0.5) is 5.95 Å². The Bertz CT molecular complexity index is 1470. The second-order valence-corrected chi connectivity index (χ2v) is 12.6. The van der Waals surface area contributed by atoms with E-state index in [0.29, 0.717) is 36.8 Å². The van der Waals surface area contributed by atoms with Crippen LogP contribution in [0.1, 0.15) is 44.6 Å². The Morgan fingerprint density at radius 2 is 1.79 bits per heavy atom. The number of fused-ring (bicyclic) bond motifs is 1. The topological polar surface area (TPSA) is 100 Å². The molecule has 0 saturated carbocycles. The molecule has 1 aromatic carbocycles. The molecule has 5 rings (SSSR count). The normalized spacial score (nSPS) is 17.9. The third-order valence-corrected chi connectivity index (χ3v) is 9.90. The van der Waals surface area contributed by atoms with Gasteiger partial charge in [-0.1, -0.05) is 6.07 Å². The molecule has 0 aliphatic carbocycles. The largest absolute Gasteiger partial charge is 0.354 e. The molecule has 0 atom stereocenters. The van der Waals surface area contributed by atoms with E-state index in [1.807, 2.05) is 19.9 Å². The third-order valence-electron chi connectivity index (χ3n) is 8.01. The molecule has 2 aliphatic rings. The maximum atomic E-state index is 13.6. The number of nitrogens with zero attached hydrogens (tertiary/aromatic N) is 5. The SMILES string of the molecule is CCn1c(=O)c(-c2ccc(S(=O)(=O)N3CCCC3)cc2C)cc2cnc(NCCC3CCN(C)CC3)nc21. The highest BCUT2D eigenvalue weighted by Crippen LogP contribution is 2.28. The van der Waals surface area contributed by atoms with E-state index in [9.17, 15) is 13.2 Å². The second kappa shape index (κ2) is 11.1. The van der Waals surface area contributed by atoms with Gasteiger partial charge >= 0.3 is 0 Å². The standard InChI is InChI=1S/C28H38N6O3S/c1-4-34-26-22(19-30-28(31-26)29-12-9-21-10-15-32(3)16-11-21)18-25(27(34)35)24-8-7-23(17-20(24)2)38(36,37)33-13-5-6-14-33/h7-8,17-19,21H,4-6,9-16H2,1-3H3,(H,29,30,31). The summed E-state index contributed by atoms with van der Waals surface area (Å²) in [5, 5.41) is 4.13. The fourth-order valence-electron chi connectivity index (χ4n) is 5.65. The molecule has 3 aromatic rings. The first kappa shape index (κ1) is 26.8. The lowest BCUT2D eigenvalue weighted by molar-refractivity contribution is 0.215. The van der Waals surface area contributed by atoms with Crippen LogP contribution in [0, 0.1) is 12.8 Å². The first-order valence-corrected chi connectivity index (χ1v) is 15.2. The van der Waals surface area contributed by atoms with Crippen molar-refractivity contribution in [3.05, 3.63) is 46.4 Å². The summed E-state index contributed by atoms with van der Waals surface area (Å²) in [5.41, 5.74) is 2.45. The summed E-state index contributed by atoms with van der Waals surface area (Å²) in [6, 6.07) is 6.87. The second-order valence-electron chi connectivity index (χ2n) is 10.6. The van der Waals surface area contributed by atoms with Crippen molar-refractivity contribution in [1.29, 1.82) is 0 Å². The first-order valence-electron chi connectivity index (χ1n) is 13.7. The fourth-order valence-corrected chi connectivity index (χ4v) is 7.25. The quantitative estimate of drug-likeness (QED) is 0.467. The van der Waals surface area contributed by atoms with Crippen molar-refractivity contribution in [2.24, 2.45) is 5.92 Å². The summed E-state index contributed by atoms with van der Waals surface area (Å²) < 4.78 is 29.3. The molecule has 0 amide bonds. The van der Waals surface area contributed by atoms with Gasteiger partial charge in [-0.3, -0.25) is 9.36 Å². The lowest BCUT2D eigenvalue weighted by atomic mass is 9.94. The number of rotatable bonds is 8. The fraction of sp³-hybridized carbons (Fsp3) is 0.536. The number of piperidine rings is 1. The maximum Gasteiger partial charge on any atom is 0.260 e. The minimum atomic E-state index is -3.52. The summed E-state index contributed by atoms with van der Waals surface area (Å²) in [7, 11) is -1.35. The number of aromatic nitrogens is 3. The van der Waals surface area contributed by atoms with E-state index in [1.165, 1.54) is 17.1 Å². The van der Waals surface area contributed by atoms with Gasteiger partial charge in [0.2, 0.25) is 16.0 Å². The van der Waals surface area contributed by atoms with E-state index < -0.39 is 10.0 Å². The number of anilines is 1. The number of aryl methyl sites for hydroxylation is 2. The van der Waals surface area contributed by atoms with Crippen molar-refractivity contribution in [3.63, 3.8) is 0 Å². The molecule has 38 heavy (non-hydrogen) atoms. The molecular formula is C28H38N6O3S. The highest BCUT2D eigenvalue weighted by molar-refractivity contribution is 7.89. The van der Waals surface area contributed by atoms with Crippen molar-refractivity contribution in [1.82, 2.24) is 23.7 Å². The van der Waals surface area contributed by atoms with Crippen LogP contribution in [0.3, 0.4) is 0 Å².